The van der Waals surface area contributed by atoms with Crippen LogP contribution in [0.1, 0.15) is 26.0 Å². The van der Waals surface area contributed by atoms with Gasteiger partial charge in [-0.15, -0.1) is 0 Å². The Morgan fingerprint density at radius 2 is 2.37 bits per heavy atom. The van der Waals surface area contributed by atoms with Crippen LogP contribution in [-0.4, -0.2) is 42.0 Å². The van der Waals surface area contributed by atoms with Crippen LogP contribution in [0.3, 0.4) is 0 Å². The lowest BCUT2D eigenvalue weighted by molar-refractivity contribution is -0.123. The largest absolute Gasteiger partial charge is 0.383 e. The van der Waals surface area contributed by atoms with E-state index in [2.05, 4.69) is 22.7 Å². The van der Waals surface area contributed by atoms with Gasteiger partial charge in [-0.05, 0) is 19.4 Å². The van der Waals surface area contributed by atoms with Crippen LogP contribution in [0.25, 0.3) is 0 Å². The van der Waals surface area contributed by atoms with Gasteiger partial charge in [0.15, 0.2) is 0 Å². The molecule has 0 radical (unpaired) electrons. The second kappa shape index (κ2) is 8.66. The van der Waals surface area contributed by atoms with Gasteiger partial charge in [0.05, 0.1) is 18.3 Å². The summed E-state index contributed by atoms with van der Waals surface area (Å²) >= 11 is 0. The third-order valence-electron chi connectivity index (χ3n) is 2.83. The molecule has 6 heteroatoms. The highest BCUT2D eigenvalue weighted by molar-refractivity contribution is 5.81. The minimum atomic E-state index is -0.234. The SMILES string of the molecule is CCCn1nccc1CNC(C)C(=O)NCCOC. The molecule has 0 spiro atoms. The maximum Gasteiger partial charge on any atom is 0.236 e. The van der Waals surface area contributed by atoms with Crippen molar-refractivity contribution in [2.45, 2.75) is 39.4 Å². The molecule has 1 unspecified atom stereocenters. The molecule has 0 aliphatic heterocycles. The summed E-state index contributed by atoms with van der Waals surface area (Å²) in [5, 5.41) is 10.3. The number of nitrogens with one attached hydrogen (secondary N) is 2. The maximum atomic E-state index is 11.7. The minimum absolute atomic E-state index is 0.0152. The molecule has 1 aromatic heterocycles. The molecule has 1 rings (SSSR count). The van der Waals surface area contributed by atoms with E-state index in [0.717, 1.165) is 18.7 Å². The Hall–Kier alpha value is -1.40. The van der Waals surface area contributed by atoms with E-state index in [0.29, 0.717) is 19.7 Å². The van der Waals surface area contributed by atoms with Crippen molar-refractivity contribution in [3.8, 4) is 0 Å². The number of hydrogen-bond donors (Lipinski definition) is 2. The summed E-state index contributed by atoms with van der Waals surface area (Å²) in [6.07, 6.45) is 2.83. The number of nitrogens with zero attached hydrogens (tertiary/aromatic N) is 2. The van der Waals surface area contributed by atoms with Gasteiger partial charge in [0.2, 0.25) is 5.91 Å². The number of aryl methyl sites for hydroxylation is 1. The fourth-order valence-electron chi connectivity index (χ4n) is 1.70. The maximum absolute atomic E-state index is 11.7. The molecule has 2 N–H and O–H groups in total. The average Bonchev–Trinajstić information content (AvgIpc) is 2.84. The lowest BCUT2D eigenvalue weighted by Crippen LogP contribution is -2.43. The summed E-state index contributed by atoms with van der Waals surface area (Å²) < 4.78 is 6.85. The minimum Gasteiger partial charge on any atom is -0.383 e. The summed E-state index contributed by atoms with van der Waals surface area (Å²) in [5.41, 5.74) is 1.10. The molecule has 1 amide bonds. The molecule has 6 nitrogen and oxygen atoms in total. The van der Waals surface area contributed by atoms with E-state index < -0.39 is 0 Å². The monoisotopic (exact) mass is 268 g/mol. The van der Waals surface area contributed by atoms with E-state index in [9.17, 15) is 4.79 Å². The van der Waals surface area contributed by atoms with E-state index in [1.807, 2.05) is 17.7 Å². The van der Waals surface area contributed by atoms with Crippen molar-refractivity contribution in [1.82, 2.24) is 20.4 Å². The van der Waals surface area contributed by atoms with Crippen LogP contribution in [0.4, 0.5) is 0 Å². The van der Waals surface area contributed by atoms with Crippen LogP contribution >= 0.6 is 0 Å². The summed E-state index contributed by atoms with van der Waals surface area (Å²) in [5.74, 6) is -0.0152. The number of carbonyl (C=O) groups is 1. The van der Waals surface area contributed by atoms with Gasteiger partial charge in [0.1, 0.15) is 0 Å². The lowest BCUT2D eigenvalue weighted by Gasteiger charge is -2.14. The number of aromatic nitrogens is 2. The highest BCUT2D eigenvalue weighted by atomic mass is 16.5. The van der Waals surface area contributed by atoms with Crippen LogP contribution in [0.5, 0.6) is 0 Å². The molecule has 1 atom stereocenters. The van der Waals surface area contributed by atoms with Crippen LogP contribution in [-0.2, 0) is 22.6 Å². The number of amides is 1. The van der Waals surface area contributed by atoms with E-state index in [-0.39, 0.29) is 11.9 Å². The summed E-state index contributed by atoms with van der Waals surface area (Å²) in [6, 6.07) is 1.74. The van der Waals surface area contributed by atoms with Crippen molar-refractivity contribution in [3.05, 3.63) is 18.0 Å². The first-order chi connectivity index (χ1) is 9.19. The van der Waals surface area contributed by atoms with Crippen LogP contribution in [0, 0.1) is 0 Å². The smallest absolute Gasteiger partial charge is 0.236 e. The molecular weight excluding hydrogens is 244 g/mol. The fraction of sp³-hybridized carbons (Fsp3) is 0.692. The van der Waals surface area contributed by atoms with Gasteiger partial charge in [-0.25, -0.2) is 0 Å². The Kier molecular flexibility index (Phi) is 7.14. The summed E-state index contributed by atoms with van der Waals surface area (Å²) in [6.45, 7) is 6.57. The molecule has 0 aliphatic rings. The molecule has 0 bridgehead atoms. The highest BCUT2D eigenvalue weighted by Crippen LogP contribution is 2.00. The van der Waals surface area contributed by atoms with Gasteiger partial charge in [0.25, 0.3) is 0 Å². The second-order valence-electron chi connectivity index (χ2n) is 4.43. The molecule has 1 heterocycles. The van der Waals surface area contributed by atoms with E-state index in [4.69, 9.17) is 4.74 Å². The van der Waals surface area contributed by atoms with E-state index in [1.54, 1.807) is 13.3 Å². The fourth-order valence-corrected chi connectivity index (χ4v) is 1.70. The predicted octanol–water partition coefficient (Wildman–Crippen LogP) is 0.534. The third kappa shape index (κ3) is 5.40. The zero-order valence-corrected chi connectivity index (χ0v) is 12.0. The number of hydrogen-bond acceptors (Lipinski definition) is 4. The first-order valence-electron chi connectivity index (χ1n) is 6.69. The summed E-state index contributed by atoms with van der Waals surface area (Å²) in [4.78, 5) is 11.7. The Labute approximate surface area is 114 Å². The van der Waals surface area contributed by atoms with Crippen molar-refractivity contribution in [2.24, 2.45) is 0 Å². The van der Waals surface area contributed by atoms with Crippen molar-refractivity contribution in [1.29, 1.82) is 0 Å². The highest BCUT2D eigenvalue weighted by Gasteiger charge is 2.12. The van der Waals surface area contributed by atoms with E-state index >= 15 is 0 Å². The molecule has 0 aromatic carbocycles. The zero-order chi connectivity index (χ0) is 14.1. The van der Waals surface area contributed by atoms with Gasteiger partial charge in [0, 0.05) is 32.9 Å². The van der Waals surface area contributed by atoms with Crippen LogP contribution in [0.2, 0.25) is 0 Å². The zero-order valence-electron chi connectivity index (χ0n) is 12.0. The Balaban J connectivity index is 2.34. The first kappa shape index (κ1) is 15.7. The van der Waals surface area contributed by atoms with Gasteiger partial charge in [-0.2, -0.15) is 5.10 Å². The Bertz CT molecular complexity index is 378. The first-order valence-corrected chi connectivity index (χ1v) is 6.69. The molecule has 1 aromatic rings. The number of rotatable bonds is 9. The molecule has 19 heavy (non-hydrogen) atoms. The standard InChI is InChI=1S/C13H24N4O2/c1-4-8-17-12(5-6-16-17)10-15-11(2)13(18)14-7-9-19-3/h5-6,11,15H,4,7-10H2,1-3H3,(H,14,18). The molecule has 0 saturated carbocycles. The van der Waals surface area contributed by atoms with Crippen molar-refractivity contribution >= 4 is 5.91 Å². The summed E-state index contributed by atoms with van der Waals surface area (Å²) in [7, 11) is 1.61. The van der Waals surface area contributed by atoms with Crippen molar-refractivity contribution in [3.63, 3.8) is 0 Å². The number of carbonyl (C=O) groups excluding carboxylic acids is 1. The molecule has 0 saturated heterocycles. The molecular formula is C13H24N4O2. The third-order valence-corrected chi connectivity index (χ3v) is 2.83. The molecule has 0 aliphatic carbocycles. The normalized spacial score (nSPS) is 12.4. The molecule has 108 valence electrons. The predicted molar refractivity (Wildman–Crippen MR) is 73.7 cm³/mol. The van der Waals surface area contributed by atoms with Crippen molar-refractivity contribution < 1.29 is 9.53 Å². The Morgan fingerprint density at radius 3 is 3.05 bits per heavy atom. The topological polar surface area (TPSA) is 68.2 Å². The van der Waals surface area contributed by atoms with E-state index in [1.165, 1.54) is 0 Å². The number of ether oxygens (including phenoxy) is 1. The quantitative estimate of drug-likeness (QED) is 0.641. The van der Waals surface area contributed by atoms with Gasteiger partial charge < -0.3 is 15.4 Å². The molecule has 0 fully saturated rings. The lowest BCUT2D eigenvalue weighted by atomic mass is 10.3. The second-order valence-corrected chi connectivity index (χ2v) is 4.43. The van der Waals surface area contributed by atoms with Crippen LogP contribution in [0.15, 0.2) is 12.3 Å². The van der Waals surface area contributed by atoms with Crippen molar-refractivity contribution in [2.75, 3.05) is 20.3 Å². The van der Waals surface area contributed by atoms with Gasteiger partial charge in [-0.3, -0.25) is 9.48 Å². The number of methoxy groups -OCH3 is 1. The van der Waals surface area contributed by atoms with Gasteiger partial charge >= 0.3 is 0 Å². The van der Waals surface area contributed by atoms with Gasteiger partial charge in [-0.1, -0.05) is 6.92 Å². The average molecular weight is 268 g/mol. The van der Waals surface area contributed by atoms with Crippen LogP contribution < -0.4 is 10.6 Å². The Morgan fingerprint density at radius 1 is 1.58 bits per heavy atom.